The Bertz CT molecular complexity index is 599. The van der Waals surface area contributed by atoms with Gasteiger partial charge in [0.15, 0.2) is 0 Å². The van der Waals surface area contributed by atoms with Crippen LogP contribution in [0, 0.1) is 0 Å². The number of aliphatic hydroxyl groups is 1. The van der Waals surface area contributed by atoms with Crippen molar-refractivity contribution in [1.82, 2.24) is 9.13 Å². The third-order valence-corrected chi connectivity index (χ3v) is 3.52. The van der Waals surface area contributed by atoms with Gasteiger partial charge in [0, 0.05) is 13.6 Å². The molecule has 0 aliphatic rings. The van der Waals surface area contributed by atoms with Crippen molar-refractivity contribution in [3.63, 3.8) is 0 Å². The van der Waals surface area contributed by atoms with E-state index in [9.17, 15) is 14.7 Å². The van der Waals surface area contributed by atoms with Crippen LogP contribution in [-0.4, -0.2) is 25.9 Å². The first-order chi connectivity index (χ1) is 9.13. The van der Waals surface area contributed by atoms with Gasteiger partial charge in [0.25, 0.3) is 5.56 Å². The predicted octanol–water partition coefficient (Wildman–Crippen LogP) is 0.111. The van der Waals surface area contributed by atoms with Crippen LogP contribution in [0.5, 0.6) is 0 Å². The second-order valence-electron chi connectivity index (χ2n) is 5.58. The Hall–Kier alpha value is -1.76. The molecule has 114 valence electrons. The molecule has 7 heteroatoms. The van der Waals surface area contributed by atoms with Gasteiger partial charge in [0.05, 0.1) is 11.6 Å². The van der Waals surface area contributed by atoms with Crippen molar-refractivity contribution < 1.29 is 5.11 Å². The summed E-state index contributed by atoms with van der Waals surface area (Å²) in [6.07, 6.45) is 0.0276. The van der Waals surface area contributed by atoms with Gasteiger partial charge in [-0.2, -0.15) is 0 Å². The van der Waals surface area contributed by atoms with E-state index >= 15 is 0 Å². The Morgan fingerprint density at radius 1 is 1.40 bits per heavy atom. The van der Waals surface area contributed by atoms with Crippen LogP contribution in [0.1, 0.15) is 34.1 Å². The lowest BCUT2D eigenvalue weighted by molar-refractivity contribution is 0.133. The van der Waals surface area contributed by atoms with Crippen LogP contribution in [-0.2, 0) is 13.6 Å². The number of nitrogens with two attached hydrogens (primary N) is 1. The highest BCUT2D eigenvalue weighted by Crippen LogP contribution is 2.19. The van der Waals surface area contributed by atoms with Crippen molar-refractivity contribution in [2.75, 3.05) is 11.1 Å². The van der Waals surface area contributed by atoms with E-state index in [-0.39, 0.29) is 11.5 Å². The zero-order valence-electron chi connectivity index (χ0n) is 12.7. The topological polar surface area (TPSA) is 102 Å². The Kier molecular flexibility index (Phi) is 4.65. The van der Waals surface area contributed by atoms with Gasteiger partial charge in [0.1, 0.15) is 11.5 Å². The van der Waals surface area contributed by atoms with E-state index in [1.165, 1.54) is 11.6 Å². The molecule has 0 saturated carbocycles. The van der Waals surface area contributed by atoms with Crippen molar-refractivity contribution in [1.29, 1.82) is 0 Å². The molecule has 0 radical (unpaired) electrons. The monoisotopic (exact) mass is 284 g/mol. The summed E-state index contributed by atoms with van der Waals surface area (Å²) in [5.74, 6) is 0.105. The summed E-state index contributed by atoms with van der Waals surface area (Å²) in [4.78, 5) is 24.2. The molecule has 0 amide bonds. The van der Waals surface area contributed by atoms with Gasteiger partial charge >= 0.3 is 5.69 Å². The van der Waals surface area contributed by atoms with E-state index in [2.05, 4.69) is 5.32 Å². The summed E-state index contributed by atoms with van der Waals surface area (Å²) in [6, 6.07) is 0. The van der Waals surface area contributed by atoms with Crippen LogP contribution in [0.3, 0.4) is 0 Å². The molecule has 0 fully saturated rings. The largest absolute Gasteiger partial charge is 0.391 e. The maximum Gasteiger partial charge on any atom is 0.332 e. The maximum absolute atomic E-state index is 12.2. The van der Waals surface area contributed by atoms with E-state index in [0.29, 0.717) is 6.54 Å². The highest BCUT2D eigenvalue weighted by atomic mass is 16.3. The lowest BCUT2D eigenvalue weighted by Crippen LogP contribution is -2.47. The lowest BCUT2D eigenvalue weighted by atomic mass is 9.98. The summed E-state index contributed by atoms with van der Waals surface area (Å²) in [6.45, 7) is 7.49. The third-order valence-electron chi connectivity index (χ3n) is 3.52. The Morgan fingerprint density at radius 2 is 1.95 bits per heavy atom. The molecule has 7 nitrogen and oxygen atoms in total. The molecule has 1 atom stereocenters. The van der Waals surface area contributed by atoms with Gasteiger partial charge in [-0.3, -0.25) is 13.9 Å². The molecule has 1 rings (SSSR count). The van der Waals surface area contributed by atoms with Crippen molar-refractivity contribution in [3.8, 4) is 0 Å². The molecule has 0 aromatic carbocycles. The minimum atomic E-state index is -0.741. The molecule has 0 aliphatic carbocycles. The quantitative estimate of drug-likeness (QED) is 0.712. The van der Waals surface area contributed by atoms with Crippen LogP contribution in [0.4, 0.5) is 11.5 Å². The first-order valence-corrected chi connectivity index (χ1v) is 6.69. The normalized spacial score (nSPS) is 13.3. The van der Waals surface area contributed by atoms with Crippen molar-refractivity contribution in [3.05, 3.63) is 20.8 Å². The van der Waals surface area contributed by atoms with E-state index in [1.807, 2.05) is 6.92 Å². The zero-order valence-corrected chi connectivity index (χ0v) is 12.7. The molecule has 1 aromatic heterocycles. The van der Waals surface area contributed by atoms with Crippen molar-refractivity contribution in [2.45, 2.75) is 52.3 Å². The third kappa shape index (κ3) is 2.87. The number of aromatic nitrogens is 2. The molecular weight excluding hydrogens is 260 g/mol. The van der Waals surface area contributed by atoms with Crippen LogP contribution in [0.25, 0.3) is 0 Å². The Balaban J connectivity index is 3.48. The fourth-order valence-corrected chi connectivity index (χ4v) is 1.77. The molecule has 1 aromatic rings. The smallest absolute Gasteiger partial charge is 0.332 e. The van der Waals surface area contributed by atoms with Gasteiger partial charge in [-0.1, -0.05) is 6.92 Å². The molecule has 20 heavy (non-hydrogen) atoms. The number of anilines is 2. The van der Waals surface area contributed by atoms with E-state index < -0.39 is 22.9 Å². The van der Waals surface area contributed by atoms with E-state index in [0.717, 1.165) is 11.0 Å². The average Bonchev–Trinajstić information content (AvgIpc) is 2.37. The van der Waals surface area contributed by atoms with Crippen LogP contribution in [0.2, 0.25) is 0 Å². The predicted molar refractivity (Wildman–Crippen MR) is 80.0 cm³/mol. The summed E-state index contributed by atoms with van der Waals surface area (Å²) < 4.78 is 2.38. The lowest BCUT2D eigenvalue weighted by Gasteiger charge is -2.31. The molecule has 0 saturated heterocycles. The molecule has 1 unspecified atom stereocenters. The molecule has 0 bridgehead atoms. The number of hydrogen-bond donors (Lipinski definition) is 3. The first kappa shape index (κ1) is 16.3. The number of nitrogen functional groups attached to an aromatic ring is 1. The minimum absolute atomic E-state index is 0.105. The Labute approximate surface area is 118 Å². The SMILES string of the molecule is CCCn1c(N)c(NC(C)(C)C(C)O)c(=O)n(C)c1=O. The molecular formula is C13H24N4O3. The minimum Gasteiger partial charge on any atom is -0.391 e. The summed E-state index contributed by atoms with van der Waals surface area (Å²) in [5.41, 5.74) is 4.43. The van der Waals surface area contributed by atoms with Crippen LogP contribution < -0.4 is 22.3 Å². The molecule has 1 heterocycles. The van der Waals surface area contributed by atoms with E-state index in [1.54, 1.807) is 20.8 Å². The number of hydrogen-bond acceptors (Lipinski definition) is 5. The van der Waals surface area contributed by atoms with Gasteiger partial charge in [-0.15, -0.1) is 0 Å². The molecule has 0 aliphatic heterocycles. The number of aliphatic hydroxyl groups excluding tert-OH is 1. The summed E-state index contributed by atoms with van der Waals surface area (Å²) >= 11 is 0. The number of nitrogens with zero attached hydrogens (tertiary/aromatic N) is 2. The average molecular weight is 284 g/mol. The highest BCUT2D eigenvalue weighted by Gasteiger charge is 2.27. The number of rotatable bonds is 5. The van der Waals surface area contributed by atoms with Gasteiger partial charge in [-0.05, 0) is 27.2 Å². The van der Waals surface area contributed by atoms with Gasteiger partial charge in [-0.25, -0.2) is 4.79 Å². The summed E-state index contributed by atoms with van der Waals surface area (Å²) in [7, 11) is 1.41. The maximum atomic E-state index is 12.2. The fourth-order valence-electron chi connectivity index (χ4n) is 1.77. The number of nitrogens with one attached hydrogen (secondary N) is 1. The van der Waals surface area contributed by atoms with Crippen molar-refractivity contribution in [2.24, 2.45) is 7.05 Å². The van der Waals surface area contributed by atoms with Crippen molar-refractivity contribution >= 4 is 11.5 Å². The standard InChI is InChI=1S/C13H24N4O3/c1-6-7-17-10(14)9(11(19)16(5)12(17)20)15-13(3,4)8(2)18/h8,15,18H,6-7,14H2,1-5H3. The zero-order chi connectivity index (χ0) is 15.7. The van der Waals surface area contributed by atoms with Crippen LogP contribution in [0.15, 0.2) is 9.59 Å². The van der Waals surface area contributed by atoms with Gasteiger partial charge in [0.2, 0.25) is 0 Å². The summed E-state index contributed by atoms with van der Waals surface area (Å²) in [5, 5.41) is 12.7. The Morgan fingerprint density at radius 3 is 2.40 bits per heavy atom. The molecule has 4 N–H and O–H groups in total. The van der Waals surface area contributed by atoms with Gasteiger partial charge < -0.3 is 16.2 Å². The fraction of sp³-hybridized carbons (Fsp3) is 0.692. The van der Waals surface area contributed by atoms with E-state index in [4.69, 9.17) is 5.73 Å². The first-order valence-electron chi connectivity index (χ1n) is 6.69. The second kappa shape index (κ2) is 5.70. The second-order valence-corrected chi connectivity index (χ2v) is 5.58. The van der Waals surface area contributed by atoms with Crippen LogP contribution >= 0.6 is 0 Å². The molecule has 0 spiro atoms. The highest BCUT2D eigenvalue weighted by molar-refractivity contribution is 5.62.